The Kier molecular flexibility index (Phi) is 2.89. The van der Waals surface area contributed by atoms with E-state index in [4.69, 9.17) is 0 Å². The Balaban J connectivity index is 2.01. The van der Waals surface area contributed by atoms with Crippen molar-refractivity contribution < 1.29 is 14.7 Å². The van der Waals surface area contributed by atoms with E-state index < -0.39 is 17.4 Å². The number of carboxylic acids is 1. The molecule has 1 saturated heterocycles. The van der Waals surface area contributed by atoms with Crippen LogP contribution < -0.4 is 0 Å². The van der Waals surface area contributed by atoms with Gasteiger partial charge in [0.25, 0.3) is 11.7 Å². The number of carbonyl (C=O) groups excluding carboxylic acids is 1. The van der Waals surface area contributed by atoms with E-state index in [9.17, 15) is 14.7 Å². The molecule has 0 saturated carbocycles. The lowest BCUT2D eigenvalue weighted by Gasteiger charge is -2.30. The zero-order valence-corrected chi connectivity index (χ0v) is 11.8. The Morgan fingerprint density at radius 1 is 1.43 bits per heavy atom. The second-order valence-corrected chi connectivity index (χ2v) is 5.37. The van der Waals surface area contributed by atoms with Gasteiger partial charge >= 0.3 is 5.97 Å². The number of hydrogen-bond acceptors (Lipinski definition) is 5. The number of likely N-dealkylation sites (tertiary alicyclic amines) is 1. The first-order valence-corrected chi connectivity index (χ1v) is 6.67. The first-order valence-electron chi connectivity index (χ1n) is 6.67. The molecule has 3 rings (SSSR count). The topological polar surface area (TPSA) is 101 Å². The molecular formula is C13H15N5O3. The Bertz CT molecular complexity index is 740. The highest BCUT2D eigenvalue weighted by molar-refractivity contribution is 5.95. The summed E-state index contributed by atoms with van der Waals surface area (Å²) in [7, 11) is 0. The fourth-order valence-electron chi connectivity index (χ4n) is 2.63. The average molecular weight is 289 g/mol. The summed E-state index contributed by atoms with van der Waals surface area (Å²) in [6.07, 6.45) is 2.67. The maximum absolute atomic E-state index is 12.5. The van der Waals surface area contributed by atoms with Gasteiger partial charge < -0.3 is 10.0 Å². The summed E-state index contributed by atoms with van der Waals surface area (Å²) in [5.41, 5.74) is -0.397. The molecule has 0 radical (unpaired) electrons. The molecule has 1 fully saturated rings. The molecule has 8 nitrogen and oxygen atoms in total. The van der Waals surface area contributed by atoms with Crippen molar-refractivity contribution in [2.45, 2.75) is 32.2 Å². The minimum Gasteiger partial charge on any atom is -0.480 e. The van der Waals surface area contributed by atoms with Crippen molar-refractivity contribution in [2.24, 2.45) is 0 Å². The van der Waals surface area contributed by atoms with Crippen molar-refractivity contribution in [1.29, 1.82) is 0 Å². The molecule has 0 spiro atoms. The van der Waals surface area contributed by atoms with Gasteiger partial charge in [-0.05, 0) is 32.8 Å². The van der Waals surface area contributed by atoms with Crippen LogP contribution in [0.25, 0.3) is 5.78 Å². The summed E-state index contributed by atoms with van der Waals surface area (Å²) in [4.78, 5) is 33.5. The van der Waals surface area contributed by atoms with Crippen LogP contribution in [-0.4, -0.2) is 53.5 Å². The lowest BCUT2D eigenvalue weighted by molar-refractivity contribution is -0.147. The smallest absolute Gasteiger partial charge is 0.329 e. The van der Waals surface area contributed by atoms with Crippen molar-refractivity contribution in [3.8, 4) is 0 Å². The molecule has 1 aliphatic rings. The highest BCUT2D eigenvalue weighted by Crippen LogP contribution is 2.30. The molecule has 1 unspecified atom stereocenters. The fourth-order valence-corrected chi connectivity index (χ4v) is 2.63. The van der Waals surface area contributed by atoms with E-state index in [0.29, 0.717) is 25.2 Å². The average Bonchev–Trinajstić information content (AvgIpc) is 3.03. The summed E-state index contributed by atoms with van der Waals surface area (Å²) in [6, 6.07) is 1.76. The van der Waals surface area contributed by atoms with Crippen LogP contribution in [-0.2, 0) is 4.79 Å². The first-order chi connectivity index (χ1) is 9.93. The second-order valence-electron chi connectivity index (χ2n) is 5.37. The number of aliphatic carboxylic acids is 1. The molecule has 1 amide bonds. The van der Waals surface area contributed by atoms with Crippen LogP contribution in [0.3, 0.4) is 0 Å². The predicted molar refractivity (Wildman–Crippen MR) is 71.8 cm³/mol. The molecule has 2 aromatic rings. The number of aryl methyl sites for hydroxylation is 1. The molecule has 1 aliphatic heterocycles. The van der Waals surface area contributed by atoms with Gasteiger partial charge in [0.05, 0.1) is 0 Å². The van der Waals surface area contributed by atoms with Crippen molar-refractivity contribution in [3.05, 3.63) is 23.8 Å². The zero-order valence-electron chi connectivity index (χ0n) is 11.8. The Morgan fingerprint density at radius 2 is 2.19 bits per heavy atom. The van der Waals surface area contributed by atoms with E-state index in [-0.39, 0.29) is 5.82 Å². The minimum absolute atomic E-state index is 0.0221. The number of carbonyl (C=O) groups is 2. The van der Waals surface area contributed by atoms with E-state index in [1.165, 1.54) is 9.42 Å². The molecule has 21 heavy (non-hydrogen) atoms. The standard InChI is InChI=1S/C13H15N5O3/c1-8-4-6-14-12-15-9(16-18(8)12)10(19)17-7-3-5-13(17,2)11(20)21/h4,6H,3,5,7H2,1-2H3,(H,20,21). The molecule has 8 heteroatoms. The van der Waals surface area contributed by atoms with Crippen molar-refractivity contribution in [1.82, 2.24) is 24.5 Å². The fraction of sp³-hybridized carbons (Fsp3) is 0.462. The summed E-state index contributed by atoms with van der Waals surface area (Å²) in [6.45, 7) is 3.78. The molecule has 110 valence electrons. The molecule has 1 N–H and O–H groups in total. The van der Waals surface area contributed by atoms with Gasteiger partial charge in [-0.2, -0.15) is 4.98 Å². The number of aromatic nitrogens is 4. The molecule has 2 aromatic heterocycles. The highest BCUT2D eigenvalue weighted by atomic mass is 16.4. The van der Waals surface area contributed by atoms with Gasteiger partial charge in [-0.1, -0.05) is 0 Å². The number of fused-ring (bicyclic) bond motifs is 1. The Morgan fingerprint density at radius 3 is 2.86 bits per heavy atom. The summed E-state index contributed by atoms with van der Waals surface area (Å²) < 4.78 is 1.47. The van der Waals surface area contributed by atoms with E-state index in [0.717, 1.165) is 5.69 Å². The number of carboxylic acid groups (broad SMARTS) is 1. The van der Waals surface area contributed by atoms with Crippen molar-refractivity contribution in [2.75, 3.05) is 6.54 Å². The zero-order chi connectivity index (χ0) is 15.2. The van der Waals surface area contributed by atoms with Crippen LogP contribution >= 0.6 is 0 Å². The molecular weight excluding hydrogens is 274 g/mol. The van der Waals surface area contributed by atoms with Crippen LogP contribution in [0.15, 0.2) is 12.3 Å². The van der Waals surface area contributed by atoms with E-state index >= 15 is 0 Å². The maximum atomic E-state index is 12.5. The first kappa shape index (κ1) is 13.5. The van der Waals surface area contributed by atoms with Gasteiger partial charge in [0.15, 0.2) is 0 Å². The van der Waals surface area contributed by atoms with Gasteiger partial charge in [0.2, 0.25) is 5.82 Å². The third-order valence-electron chi connectivity index (χ3n) is 3.97. The maximum Gasteiger partial charge on any atom is 0.329 e. The van der Waals surface area contributed by atoms with Gasteiger partial charge in [0, 0.05) is 18.4 Å². The second kappa shape index (κ2) is 4.51. The highest BCUT2D eigenvalue weighted by Gasteiger charge is 2.47. The number of nitrogens with zero attached hydrogens (tertiary/aromatic N) is 5. The normalized spacial score (nSPS) is 21.9. The van der Waals surface area contributed by atoms with Gasteiger partial charge in [-0.3, -0.25) is 4.79 Å². The summed E-state index contributed by atoms with van der Waals surface area (Å²) in [5, 5.41) is 13.5. The van der Waals surface area contributed by atoms with Crippen LogP contribution in [0.5, 0.6) is 0 Å². The summed E-state index contributed by atoms with van der Waals surface area (Å²) in [5.74, 6) is -1.17. The van der Waals surface area contributed by atoms with E-state index in [1.807, 2.05) is 6.92 Å². The molecule has 3 heterocycles. The monoisotopic (exact) mass is 289 g/mol. The SMILES string of the molecule is Cc1ccnc2nc(C(=O)N3CCCC3(C)C(=O)O)nn12. The lowest BCUT2D eigenvalue weighted by Crippen LogP contribution is -2.51. The lowest BCUT2D eigenvalue weighted by atomic mass is 9.99. The Labute approximate surface area is 120 Å². The largest absolute Gasteiger partial charge is 0.480 e. The van der Waals surface area contributed by atoms with Gasteiger partial charge in [-0.15, -0.1) is 5.10 Å². The van der Waals surface area contributed by atoms with Crippen molar-refractivity contribution in [3.63, 3.8) is 0 Å². The minimum atomic E-state index is -1.20. The van der Waals surface area contributed by atoms with Crippen LogP contribution in [0.2, 0.25) is 0 Å². The van der Waals surface area contributed by atoms with Gasteiger partial charge in [-0.25, -0.2) is 14.3 Å². The van der Waals surface area contributed by atoms with Crippen LogP contribution in [0, 0.1) is 6.92 Å². The molecule has 1 atom stereocenters. The van der Waals surface area contributed by atoms with Crippen LogP contribution in [0.4, 0.5) is 0 Å². The van der Waals surface area contributed by atoms with Crippen molar-refractivity contribution >= 4 is 17.7 Å². The van der Waals surface area contributed by atoms with Gasteiger partial charge in [0.1, 0.15) is 5.54 Å². The van der Waals surface area contributed by atoms with E-state index in [2.05, 4.69) is 15.1 Å². The third kappa shape index (κ3) is 1.94. The Hall–Kier alpha value is -2.51. The third-order valence-corrected chi connectivity index (χ3v) is 3.97. The molecule has 0 aromatic carbocycles. The molecule has 0 aliphatic carbocycles. The number of amides is 1. The van der Waals surface area contributed by atoms with Crippen LogP contribution in [0.1, 0.15) is 36.1 Å². The number of hydrogen-bond donors (Lipinski definition) is 1. The van der Waals surface area contributed by atoms with E-state index in [1.54, 1.807) is 19.2 Å². The predicted octanol–water partition coefficient (Wildman–Crippen LogP) is 0.512. The quantitative estimate of drug-likeness (QED) is 0.864. The number of rotatable bonds is 2. The molecule has 0 bridgehead atoms. The summed E-state index contributed by atoms with van der Waals surface area (Å²) >= 11 is 0.